The summed E-state index contributed by atoms with van der Waals surface area (Å²) in [6, 6.07) is 8.01. The van der Waals surface area contributed by atoms with Crippen LogP contribution in [-0.2, 0) is 0 Å². The summed E-state index contributed by atoms with van der Waals surface area (Å²) in [5.74, 6) is 0.846. The van der Waals surface area contributed by atoms with Crippen LogP contribution in [-0.4, -0.2) is 11.7 Å². The van der Waals surface area contributed by atoms with Gasteiger partial charge in [-0.15, -0.1) is 0 Å². The summed E-state index contributed by atoms with van der Waals surface area (Å²) in [5.41, 5.74) is 1.64. The van der Waals surface area contributed by atoms with Crippen LogP contribution in [0.15, 0.2) is 18.2 Å². The van der Waals surface area contributed by atoms with Gasteiger partial charge in [0, 0.05) is 0 Å². The molecule has 0 radical (unpaired) electrons. The molecule has 0 aliphatic heterocycles. The van der Waals surface area contributed by atoms with Crippen molar-refractivity contribution in [2.75, 3.05) is 6.61 Å². The number of nitrogens with zero attached hydrogens (tertiary/aromatic N) is 1. The molecule has 0 amide bonds. The van der Waals surface area contributed by atoms with Crippen molar-refractivity contribution in [3.05, 3.63) is 29.3 Å². The Bertz CT molecular complexity index is 458. The highest BCUT2D eigenvalue weighted by Gasteiger charge is 2.15. The highest BCUT2D eigenvalue weighted by atomic mass is 16.5. The zero-order valence-electron chi connectivity index (χ0n) is 12.2. The Labute approximate surface area is 115 Å². The standard InChI is InChI=1S/C16H23NO2/c1-12-10-14(13(2)18)6-7-15(12)19-9-5-8-16(3,4)11-17/h6-7,10,13,18H,5,8-9H2,1-4H3/t13-/m0/s1. The van der Waals surface area contributed by atoms with Crippen LogP contribution in [0.3, 0.4) is 0 Å². The topological polar surface area (TPSA) is 53.2 Å². The SMILES string of the molecule is Cc1cc([C@H](C)O)ccc1OCCCC(C)(C)C#N. The van der Waals surface area contributed by atoms with E-state index in [1.54, 1.807) is 6.92 Å². The second-order valence-corrected chi connectivity index (χ2v) is 5.65. The Morgan fingerprint density at radius 1 is 1.42 bits per heavy atom. The molecule has 0 aromatic heterocycles. The van der Waals surface area contributed by atoms with Gasteiger partial charge < -0.3 is 9.84 Å². The quantitative estimate of drug-likeness (QED) is 0.793. The molecule has 1 aromatic carbocycles. The molecule has 0 fully saturated rings. The predicted molar refractivity (Wildman–Crippen MR) is 75.9 cm³/mol. The van der Waals surface area contributed by atoms with Crippen molar-refractivity contribution in [2.45, 2.75) is 46.6 Å². The normalized spacial score (nSPS) is 12.8. The van der Waals surface area contributed by atoms with Crippen molar-refractivity contribution >= 4 is 0 Å². The predicted octanol–water partition coefficient (Wildman–Crippen LogP) is 3.76. The molecule has 104 valence electrons. The first kappa shape index (κ1) is 15.5. The van der Waals surface area contributed by atoms with Crippen molar-refractivity contribution in [2.24, 2.45) is 5.41 Å². The van der Waals surface area contributed by atoms with Crippen LogP contribution >= 0.6 is 0 Å². The molecule has 0 unspecified atom stereocenters. The minimum atomic E-state index is -0.454. The van der Waals surface area contributed by atoms with E-state index in [1.165, 1.54) is 0 Å². The number of ether oxygens (including phenoxy) is 1. The Hall–Kier alpha value is -1.53. The zero-order chi connectivity index (χ0) is 14.5. The van der Waals surface area contributed by atoms with Gasteiger partial charge in [-0.25, -0.2) is 0 Å². The molecule has 0 bridgehead atoms. The largest absolute Gasteiger partial charge is 0.493 e. The minimum Gasteiger partial charge on any atom is -0.493 e. The maximum atomic E-state index is 9.50. The van der Waals surface area contributed by atoms with E-state index >= 15 is 0 Å². The second kappa shape index (κ2) is 6.58. The summed E-state index contributed by atoms with van der Waals surface area (Å²) < 4.78 is 5.72. The van der Waals surface area contributed by atoms with E-state index < -0.39 is 6.10 Å². The summed E-state index contributed by atoms with van der Waals surface area (Å²) in [6.07, 6.45) is 1.23. The number of hydrogen-bond acceptors (Lipinski definition) is 3. The van der Waals surface area contributed by atoms with Crippen LogP contribution in [0.25, 0.3) is 0 Å². The highest BCUT2D eigenvalue weighted by molar-refractivity contribution is 5.36. The lowest BCUT2D eigenvalue weighted by Crippen LogP contribution is -2.10. The van der Waals surface area contributed by atoms with Crippen LogP contribution in [0.4, 0.5) is 0 Å². The van der Waals surface area contributed by atoms with E-state index in [4.69, 9.17) is 10.00 Å². The van der Waals surface area contributed by atoms with Gasteiger partial charge in [0.1, 0.15) is 5.75 Å². The fourth-order valence-corrected chi connectivity index (χ4v) is 1.85. The Balaban J connectivity index is 2.49. The minimum absolute atomic E-state index is 0.283. The average molecular weight is 261 g/mol. The van der Waals surface area contributed by atoms with E-state index in [9.17, 15) is 5.11 Å². The molecule has 0 spiro atoms. The van der Waals surface area contributed by atoms with Gasteiger partial charge in [-0.05, 0) is 63.8 Å². The molecule has 1 aromatic rings. The van der Waals surface area contributed by atoms with E-state index in [-0.39, 0.29) is 5.41 Å². The lowest BCUT2D eigenvalue weighted by Gasteiger charge is -2.16. The first-order valence-electron chi connectivity index (χ1n) is 6.68. The maximum Gasteiger partial charge on any atom is 0.122 e. The molecule has 19 heavy (non-hydrogen) atoms. The van der Waals surface area contributed by atoms with Crippen LogP contribution in [0, 0.1) is 23.7 Å². The Kier molecular flexibility index (Phi) is 5.38. The monoisotopic (exact) mass is 261 g/mol. The van der Waals surface area contributed by atoms with Gasteiger partial charge in [0.25, 0.3) is 0 Å². The maximum absolute atomic E-state index is 9.50. The van der Waals surface area contributed by atoms with E-state index in [1.807, 2.05) is 39.0 Å². The molecular weight excluding hydrogens is 238 g/mol. The summed E-state index contributed by atoms with van der Waals surface area (Å²) in [4.78, 5) is 0. The van der Waals surface area contributed by atoms with Crippen molar-refractivity contribution in [3.63, 3.8) is 0 Å². The molecule has 0 aliphatic carbocycles. The number of nitriles is 1. The lowest BCUT2D eigenvalue weighted by molar-refractivity contribution is 0.199. The van der Waals surface area contributed by atoms with Gasteiger partial charge in [0.15, 0.2) is 0 Å². The summed E-state index contributed by atoms with van der Waals surface area (Å²) in [7, 11) is 0. The smallest absolute Gasteiger partial charge is 0.122 e. The molecule has 0 aliphatic rings. The van der Waals surface area contributed by atoms with E-state index in [0.717, 1.165) is 29.7 Å². The molecule has 3 heteroatoms. The van der Waals surface area contributed by atoms with Crippen LogP contribution in [0.5, 0.6) is 5.75 Å². The third-order valence-electron chi connectivity index (χ3n) is 3.19. The number of benzene rings is 1. The molecule has 0 saturated heterocycles. The van der Waals surface area contributed by atoms with E-state index in [0.29, 0.717) is 6.61 Å². The Morgan fingerprint density at radius 2 is 2.11 bits per heavy atom. The number of aliphatic hydroxyl groups excluding tert-OH is 1. The lowest BCUT2D eigenvalue weighted by atomic mass is 9.90. The molecule has 1 N–H and O–H groups in total. The van der Waals surface area contributed by atoms with Crippen LogP contribution < -0.4 is 4.74 Å². The second-order valence-electron chi connectivity index (χ2n) is 5.65. The molecular formula is C16H23NO2. The molecule has 1 atom stereocenters. The number of aliphatic hydroxyl groups is 1. The molecule has 0 saturated carbocycles. The first-order valence-corrected chi connectivity index (χ1v) is 6.68. The van der Waals surface area contributed by atoms with Crippen molar-refractivity contribution in [1.82, 2.24) is 0 Å². The van der Waals surface area contributed by atoms with Gasteiger partial charge in [-0.2, -0.15) is 5.26 Å². The third kappa shape index (κ3) is 4.92. The summed E-state index contributed by atoms with van der Waals surface area (Å²) >= 11 is 0. The van der Waals surface area contributed by atoms with Gasteiger partial charge in [-0.3, -0.25) is 0 Å². The van der Waals surface area contributed by atoms with Crippen molar-refractivity contribution < 1.29 is 9.84 Å². The highest BCUT2D eigenvalue weighted by Crippen LogP contribution is 2.24. The number of aryl methyl sites for hydroxylation is 1. The molecule has 3 nitrogen and oxygen atoms in total. The van der Waals surface area contributed by atoms with Gasteiger partial charge in [0.2, 0.25) is 0 Å². The van der Waals surface area contributed by atoms with Crippen LogP contribution in [0.1, 0.15) is 50.8 Å². The van der Waals surface area contributed by atoms with Crippen molar-refractivity contribution in [3.8, 4) is 11.8 Å². The zero-order valence-corrected chi connectivity index (χ0v) is 12.2. The van der Waals surface area contributed by atoms with E-state index in [2.05, 4.69) is 6.07 Å². The fraction of sp³-hybridized carbons (Fsp3) is 0.562. The van der Waals surface area contributed by atoms with Gasteiger partial charge in [0.05, 0.1) is 24.2 Å². The van der Waals surface area contributed by atoms with Gasteiger partial charge in [-0.1, -0.05) is 6.07 Å². The first-order chi connectivity index (χ1) is 8.85. The summed E-state index contributed by atoms with van der Waals surface area (Å²) in [6.45, 7) is 8.21. The third-order valence-corrected chi connectivity index (χ3v) is 3.19. The van der Waals surface area contributed by atoms with Crippen LogP contribution in [0.2, 0.25) is 0 Å². The Morgan fingerprint density at radius 3 is 2.63 bits per heavy atom. The fourth-order valence-electron chi connectivity index (χ4n) is 1.85. The number of rotatable bonds is 6. The molecule has 1 rings (SSSR count). The molecule has 0 heterocycles. The summed E-state index contributed by atoms with van der Waals surface area (Å²) in [5, 5.41) is 18.4. The van der Waals surface area contributed by atoms with Crippen molar-refractivity contribution in [1.29, 1.82) is 5.26 Å². The average Bonchev–Trinajstić information content (AvgIpc) is 2.36. The number of hydrogen-bond donors (Lipinski definition) is 1. The van der Waals surface area contributed by atoms with Gasteiger partial charge >= 0.3 is 0 Å².